The van der Waals surface area contributed by atoms with E-state index in [1.54, 1.807) is 0 Å². The van der Waals surface area contributed by atoms with Crippen molar-refractivity contribution in [3.8, 4) is 0 Å². The minimum Gasteiger partial charge on any atom is -0.355 e. The van der Waals surface area contributed by atoms with Crippen molar-refractivity contribution in [1.82, 2.24) is 20.1 Å². The molecule has 5 nitrogen and oxygen atoms in total. The van der Waals surface area contributed by atoms with Gasteiger partial charge < -0.3 is 5.32 Å². The largest absolute Gasteiger partial charge is 0.355 e. The number of nitrogens with one attached hydrogen (secondary N) is 1. The molecule has 24 heavy (non-hydrogen) atoms. The molecule has 2 saturated heterocycles. The maximum absolute atomic E-state index is 12.1. The first-order valence-corrected chi connectivity index (χ1v) is 9.41. The van der Waals surface area contributed by atoms with Crippen LogP contribution in [0, 0.1) is 5.92 Å². The standard InChI is InChI=1S/C19H30N4O/c24-19(16-22-10-4-1-5-11-22)21-14-17-7-12-23(13-8-17)15-18-6-2-3-9-20-18/h2-3,6,9,17H,1,4-5,7-8,10-16H2,(H,21,24). The second-order valence-electron chi connectivity index (χ2n) is 7.18. The van der Waals surface area contributed by atoms with Crippen molar-refractivity contribution in [1.29, 1.82) is 0 Å². The number of piperidine rings is 2. The summed E-state index contributed by atoms with van der Waals surface area (Å²) in [5, 5.41) is 3.15. The number of hydrogen-bond acceptors (Lipinski definition) is 4. The SMILES string of the molecule is O=C(CN1CCCCC1)NCC1CCN(Cc2ccccn2)CC1. The van der Waals surface area contributed by atoms with Crippen LogP contribution in [0.5, 0.6) is 0 Å². The molecular formula is C19H30N4O. The molecule has 1 aromatic rings. The number of likely N-dealkylation sites (tertiary alicyclic amines) is 2. The fourth-order valence-corrected chi connectivity index (χ4v) is 3.70. The zero-order valence-corrected chi connectivity index (χ0v) is 14.6. The molecule has 2 aliphatic rings. The number of rotatable bonds is 6. The fraction of sp³-hybridized carbons (Fsp3) is 0.684. The highest BCUT2D eigenvalue weighted by molar-refractivity contribution is 5.78. The number of aromatic nitrogens is 1. The van der Waals surface area contributed by atoms with E-state index in [9.17, 15) is 4.79 Å². The van der Waals surface area contributed by atoms with Crippen LogP contribution in [0.3, 0.4) is 0 Å². The van der Waals surface area contributed by atoms with Gasteiger partial charge in [0.2, 0.25) is 5.91 Å². The molecular weight excluding hydrogens is 300 g/mol. The summed E-state index contributed by atoms with van der Waals surface area (Å²) in [6, 6.07) is 6.10. The van der Waals surface area contributed by atoms with E-state index in [0.29, 0.717) is 12.5 Å². The van der Waals surface area contributed by atoms with Crippen LogP contribution in [-0.2, 0) is 11.3 Å². The molecule has 1 amide bonds. The van der Waals surface area contributed by atoms with E-state index in [1.165, 1.54) is 19.3 Å². The summed E-state index contributed by atoms with van der Waals surface area (Å²) in [5.74, 6) is 0.822. The molecule has 2 aliphatic heterocycles. The first kappa shape index (κ1) is 17.4. The van der Waals surface area contributed by atoms with Crippen LogP contribution in [0.4, 0.5) is 0 Å². The van der Waals surface area contributed by atoms with Crippen LogP contribution in [0.1, 0.15) is 37.8 Å². The van der Waals surface area contributed by atoms with Crippen molar-refractivity contribution in [3.63, 3.8) is 0 Å². The summed E-state index contributed by atoms with van der Waals surface area (Å²) in [4.78, 5) is 21.2. The molecule has 0 aliphatic carbocycles. The Morgan fingerprint density at radius 3 is 2.58 bits per heavy atom. The molecule has 1 N–H and O–H groups in total. The van der Waals surface area contributed by atoms with Gasteiger partial charge in [-0.25, -0.2) is 0 Å². The Labute approximate surface area is 145 Å². The van der Waals surface area contributed by atoms with E-state index in [4.69, 9.17) is 0 Å². The van der Waals surface area contributed by atoms with Crippen molar-refractivity contribution in [2.24, 2.45) is 5.92 Å². The van der Waals surface area contributed by atoms with Gasteiger partial charge in [-0.15, -0.1) is 0 Å². The molecule has 5 heteroatoms. The van der Waals surface area contributed by atoms with Crippen molar-refractivity contribution >= 4 is 5.91 Å². The Hall–Kier alpha value is -1.46. The van der Waals surface area contributed by atoms with Gasteiger partial charge in [-0.3, -0.25) is 19.6 Å². The maximum atomic E-state index is 12.1. The highest BCUT2D eigenvalue weighted by atomic mass is 16.2. The van der Waals surface area contributed by atoms with Crippen LogP contribution in [0.2, 0.25) is 0 Å². The third kappa shape index (κ3) is 5.56. The number of carbonyl (C=O) groups is 1. The molecule has 1 aromatic heterocycles. The molecule has 3 heterocycles. The predicted octanol–water partition coefficient (Wildman–Crippen LogP) is 1.90. The second kappa shape index (κ2) is 9.14. The van der Waals surface area contributed by atoms with Gasteiger partial charge in [0, 0.05) is 19.3 Å². The lowest BCUT2D eigenvalue weighted by Crippen LogP contribution is -2.43. The fourth-order valence-electron chi connectivity index (χ4n) is 3.70. The smallest absolute Gasteiger partial charge is 0.234 e. The minimum atomic E-state index is 0.202. The second-order valence-corrected chi connectivity index (χ2v) is 7.18. The lowest BCUT2D eigenvalue weighted by atomic mass is 9.96. The van der Waals surface area contributed by atoms with E-state index < -0.39 is 0 Å². The monoisotopic (exact) mass is 330 g/mol. The summed E-state index contributed by atoms with van der Waals surface area (Å²) in [6.07, 6.45) is 7.98. The first-order chi connectivity index (χ1) is 11.8. The molecule has 132 valence electrons. The Morgan fingerprint density at radius 1 is 1.08 bits per heavy atom. The Balaban J connectivity index is 1.31. The lowest BCUT2D eigenvalue weighted by Gasteiger charge is -2.32. The van der Waals surface area contributed by atoms with E-state index >= 15 is 0 Å². The summed E-state index contributed by atoms with van der Waals surface area (Å²) in [6.45, 7) is 6.72. The van der Waals surface area contributed by atoms with Crippen LogP contribution in [0.15, 0.2) is 24.4 Å². The van der Waals surface area contributed by atoms with Gasteiger partial charge in [0.25, 0.3) is 0 Å². The third-order valence-electron chi connectivity index (χ3n) is 5.22. The van der Waals surface area contributed by atoms with Crippen LogP contribution in [0.25, 0.3) is 0 Å². The van der Waals surface area contributed by atoms with Crippen LogP contribution in [-0.4, -0.2) is 60.0 Å². The molecule has 0 radical (unpaired) electrons. The molecule has 0 atom stereocenters. The number of amides is 1. The molecule has 0 saturated carbocycles. The Kier molecular flexibility index (Phi) is 6.61. The number of carbonyl (C=O) groups excluding carboxylic acids is 1. The van der Waals surface area contributed by atoms with Gasteiger partial charge in [-0.2, -0.15) is 0 Å². The molecule has 0 spiro atoms. The molecule has 3 rings (SSSR count). The first-order valence-electron chi connectivity index (χ1n) is 9.41. The minimum absolute atomic E-state index is 0.202. The number of pyridine rings is 1. The van der Waals surface area contributed by atoms with Gasteiger partial charge in [0.1, 0.15) is 0 Å². The lowest BCUT2D eigenvalue weighted by molar-refractivity contribution is -0.122. The summed E-state index contributed by atoms with van der Waals surface area (Å²) in [5.41, 5.74) is 1.14. The molecule has 2 fully saturated rings. The third-order valence-corrected chi connectivity index (χ3v) is 5.22. The summed E-state index contributed by atoms with van der Waals surface area (Å²) < 4.78 is 0. The predicted molar refractivity (Wildman–Crippen MR) is 95.5 cm³/mol. The number of hydrogen-bond donors (Lipinski definition) is 1. The van der Waals surface area contributed by atoms with Gasteiger partial charge >= 0.3 is 0 Å². The normalized spacial score (nSPS) is 20.8. The van der Waals surface area contributed by atoms with Crippen LogP contribution < -0.4 is 5.32 Å². The van der Waals surface area contributed by atoms with Crippen molar-refractivity contribution in [3.05, 3.63) is 30.1 Å². The highest BCUT2D eigenvalue weighted by Gasteiger charge is 2.20. The van der Waals surface area contributed by atoms with Crippen molar-refractivity contribution in [2.75, 3.05) is 39.3 Å². The Morgan fingerprint density at radius 2 is 1.88 bits per heavy atom. The summed E-state index contributed by atoms with van der Waals surface area (Å²) in [7, 11) is 0. The topological polar surface area (TPSA) is 48.5 Å². The van der Waals surface area contributed by atoms with Gasteiger partial charge in [0.15, 0.2) is 0 Å². The molecule has 0 unspecified atom stereocenters. The zero-order valence-electron chi connectivity index (χ0n) is 14.6. The highest BCUT2D eigenvalue weighted by Crippen LogP contribution is 2.18. The van der Waals surface area contributed by atoms with E-state index in [2.05, 4.69) is 26.2 Å². The maximum Gasteiger partial charge on any atom is 0.234 e. The van der Waals surface area contributed by atoms with Gasteiger partial charge in [0.05, 0.1) is 12.2 Å². The Bertz CT molecular complexity index is 493. The molecule has 0 aromatic carbocycles. The van der Waals surface area contributed by atoms with E-state index in [-0.39, 0.29) is 5.91 Å². The van der Waals surface area contributed by atoms with Gasteiger partial charge in [-0.05, 0) is 69.9 Å². The van der Waals surface area contributed by atoms with Gasteiger partial charge in [-0.1, -0.05) is 12.5 Å². The van der Waals surface area contributed by atoms with Crippen molar-refractivity contribution < 1.29 is 4.79 Å². The molecule has 0 bridgehead atoms. The van der Waals surface area contributed by atoms with E-state index in [0.717, 1.165) is 57.8 Å². The number of nitrogens with zero attached hydrogens (tertiary/aromatic N) is 3. The zero-order chi connectivity index (χ0) is 16.6. The van der Waals surface area contributed by atoms with Crippen LogP contribution >= 0.6 is 0 Å². The van der Waals surface area contributed by atoms with E-state index in [1.807, 2.05) is 18.3 Å². The average Bonchev–Trinajstić information content (AvgIpc) is 2.63. The summed E-state index contributed by atoms with van der Waals surface area (Å²) >= 11 is 0. The quantitative estimate of drug-likeness (QED) is 0.865. The van der Waals surface area contributed by atoms with Crippen molar-refractivity contribution in [2.45, 2.75) is 38.6 Å². The average molecular weight is 330 g/mol.